The highest BCUT2D eigenvalue weighted by Gasteiger charge is 2.13. The maximum absolute atomic E-state index is 13.3. The maximum atomic E-state index is 13.3. The third-order valence-electron chi connectivity index (χ3n) is 4.13. The predicted octanol–water partition coefficient (Wildman–Crippen LogP) is 6.34. The number of benzene rings is 2. The Hall–Kier alpha value is -2.47. The first-order chi connectivity index (χ1) is 13.6. The highest BCUT2D eigenvalue weighted by Crippen LogP contribution is 2.31. The van der Waals surface area contributed by atoms with E-state index in [2.05, 4.69) is 4.98 Å². The highest BCUT2D eigenvalue weighted by molar-refractivity contribution is 7.07. The lowest BCUT2D eigenvalue weighted by molar-refractivity contribution is 0.626. The fraction of sp³-hybridized carbons (Fsp3) is 0.0476. The van der Waals surface area contributed by atoms with Crippen LogP contribution in [0.2, 0.25) is 10.0 Å². The van der Waals surface area contributed by atoms with E-state index >= 15 is 0 Å². The fourth-order valence-electron chi connectivity index (χ4n) is 2.78. The van der Waals surface area contributed by atoms with Gasteiger partial charge in [-0.05, 0) is 48.0 Å². The average Bonchev–Trinajstić information content (AvgIpc) is 3.08. The number of rotatable bonds is 4. The zero-order valence-corrected chi connectivity index (χ0v) is 16.8. The minimum Gasteiger partial charge on any atom is -0.312 e. The van der Waals surface area contributed by atoms with Crippen molar-refractivity contribution < 1.29 is 4.39 Å². The molecule has 2 aromatic carbocycles. The molecule has 0 saturated carbocycles. The summed E-state index contributed by atoms with van der Waals surface area (Å²) in [6.07, 6.45) is 3.41. The van der Waals surface area contributed by atoms with Crippen LogP contribution in [0.1, 0.15) is 5.56 Å². The second-order valence-corrected chi connectivity index (χ2v) is 7.74. The third kappa shape index (κ3) is 4.17. The summed E-state index contributed by atoms with van der Waals surface area (Å²) < 4.78 is 15.4. The molecule has 0 radical (unpaired) electrons. The summed E-state index contributed by atoms with van der Waals surface area (Å²) in [6.45, 7) is 0.515. The van der Waals surface area contributed by atoms with Crippen LogP contribution >= 0.6 is 34.5 Å². The van der Waals surface area contributed by atoms with Crippen LogP contribution in [0, 0.1) is 5.82 Å². The molecule has 4 rings (SSSR count). The van der Waals surface area contributed by atoms with Crippen LogP contribution in [0.25, 0.3) is 11.3 Å². The van der Waals surface area contributed by atoms with E-state index in [4.69, 9.17) is 28.2 Å². The molecule has 0 fully saturated rings. The molecule has 0 aliphatic rings. The molecular formula is C21H14Cl2FN3S. The SMILES string of the molecule is Fc1ccc(Cn2c(-c3cc(Cl)ccc3Cl)csc2=Nc2cccnc2)cc1. The number of halogens is 3. The largest absolute Gasteiger partial charge is 0.312 e. The van der Waals surface area contributed by atoms with Gasteiger partial charge in [0.05, 0.1) is 29.1 Å². The Kier molecular flexibility index (Phi) is 5.57. The number of hydrogen-bond acceptors (Lipinski definition) is 3. The van der Waals surface area contributed by atoms with Gasteiger partial charge in [0.25, 0.3) is 0 Å². The van der Waals surface area contributed by atoms with Gasteiger partial charge in [-0.1, -0.05) is 35.3 Å². The summed E-state index contributed by atoms with van der Waals surface area (Å²) in [5.41, 5.74) is 3.41. The van der Waals surface area contributed by atoms with E-state index in [9.17, 15) is 4.39 Å². The van der Waals surface area contributed by atoms with Gasteiger partial charge in [0.15, 0.2) is 4.80 Å². The Morgan fingerprint density at radius 3 is 2.64 bits per heavy atom. The molecule has 2 heterocycles. The summed E-state index contributed by atoms with van der Waals surface area (Å²) in [5.74, 6) is -0.266. The Bertz CT molecular complexity index is 1170. The van der Waals surface area contributed by atoms with Gasteiger partial charge in [0.1, 0.15) is 5.82 Å². The lowest BCUT2D eigenvalue weighted by Crippen LogP contribution is -2.16. The first kappa shape index (κ1) is 18.9. The van der Waals surface area contributed by atoms with E-state index in [0.717, 1.165) is 27.3 Å². The molecule has 4 aromatic rings. The van der Waals surface area contributed by atoms with Crippen LogP contribution in [0.3, 0.4) is 0 Å². The summed E-state index contributed by atoms with van der Waals surface area (Å²) in [7, 11) is 0. The van der Waals surface area contributed by atoms with E-state index < -0.39 is 0 Å². The predicted molar refractivity (Wildman–Crippen MR) is 113 cm³/mol. The van der Waals surface area contributed by atoms with Gasteiger partial charge >= 0.3 is 0 Å². The van der Waals surface area contributed by atoms with Crippen molar-refractivity contribution in [3.05, 3.63) is 98.6 Å². The molecule has 0 saturated heterocycles. The number of aromatic nitrogens is 2. The normalized spacial score (nSPS) is 11.8. The minimum atomic E-state index is -0.266. The lowest BCUT2D eigenvalue weighted by atomic mass is 10.1. The number of thiazole rings is 1. The van der Waals surface area contributed by atoms with Crippen LogP contribution in [-0.4, -0.2) is 9.55 Å². The third-order valence-corrected chi connectivity index (χ3v) is 5.55. The number of nitrogens with zero attached hydrogens (tertiary/aromatic N) is 3. The first-order valence-corrected chi connectivity index (χ1v) is 10.1. The van der Waals surface area contributed by atoms with Crippen LogP contribution in [0.5, 0.6) is 0 Å². The molecular weight excluding hydrogens is 416 g/mol. The van der Waals surface area contributed by atoms with Crippen molar-refractivity contribution in [1.29, 1.82) is 0 Å². The molecule has 0 spiro atoms. The van der Waals surface area contributed by atoms with E-state index in [1.165, 1.54) is 23.5 Å². The molecule has 0 bridgehead atoms. The molecule has 3 nitrogen and oxygen atoms in total. The number of pyridine rings is 1. The van der Waals surface area contributed by atoms with E-state index in [0.29, 0.717) is 16.6 Å². The van der Waals surface area contributed by atoms with Crippen LogP contribution in [-0.2, 0) is 6.54 Å². The Morgan fingerprint density at radius 2 is 1.89 bits per heavy atom. The van der Waals surface area contributed by atoms with Crippen LogP contribution < -0.4 is 4.80 Å². The second kappa shape index (κ2) is 8.27. The van der Waals surface area contributed by atoms with Crippen molar-refractivity contribution in [3.8, 4) is 11.3 Å². The molecule has 140 valence electrons. The van der Waals surface area contributed by atoms with Crippen molar-refractivity contribution in [2.75, 3.05) is 0 Å². The quantitative estimate of drug-likeness (QED) is 0.372. The smallest absolute Gasteiger partial charge is 0.190 e. The molecule has 28 heavy (non-hydrogen) atoms. The monoisotopic (exact) mass is 429 g/mol. The molecule has 0 amide bonds. The van der Waals surface area contributed by atoms with E-state index in [1.54, 1.807) is 36.7 Å². The molecule has 0 N–H and O–H groups in total. The van der Waals surface area contributed by atoms with Crippen LogP contribution in [0.15, 0.2) is 77.4 Å². The van der Waals surface area contributed by atoms with Crippen molar-refractivity contribution in [3.63, 3.8) is 0 Å². The molecule has 0 atom stereocenters. The van der Waals surface area contributed by atoms with Gasteiger partial charge in [-0.25, -0.2) is 9.38 Å². The van der Waals surface area contributed by atoms with Gasteiger partial charge in [-0.15, -0.1) is 11.3 Å². The highest BCUT2D eigenvalue weighted by atomic mass is 35.5. The van der Waals surface area contributed by atoms with Crippen molar-refractivity contribution in [2.24, 2.45) is 4.99 Å². The standard InChI is InChI=1S/C21H14Cl2FN3S/c22-15-5-8-19(23)18(10-15)20-13-28-21(26-17-2-1-9-25-11-17)27(20)12-14-3-6-16(24)7-4-14/h1-11,13H,12H2. The summed E-state index contributed by atoms with van der Waals surface area (Å²) >= 11 is 14.1. The second-order valence-electron chi connectivity index (χ2n) is 6.06. The Balaban J connectivity index is 1.88. The lowest BCUT2D eigenvalue weighted by Gasteiger charge is -2.11. The zero-order valence-electron chi connectivity index (χ0n) is 14.5. The Morgan fingerprint density at radius 1 is 1.07 bits per heavy atom. The van der Waals surface area contributed by atoms with Crippen molar-refractivity contribution in [2.45, 2.75) is 6.54 Å². The minimum absolute atomic E-state index is 0.266. The fourth-order valence-corrected chi connectivity index (χ4v) is 4.09. The van der Waals surface area contributed by atoms with Crippen LogP contribution in [0.4, 0.5) is 10.1 Å². The molecule has 0 aliphatic carbocycles. The summed E-state index contributed by atoms with van der Waals surface area (Å²) in [4.78, 5) is 9.62. The maximum Gasteiger partial charge on any atom is 0.190 e. The Labute approximate surface area is 175 Å². The van der Waals surface area contributed by atoms with E-state index in [-0.39, 0.29) is 5.82 Å². The molecule has 2 aromatic heterocycles. The zero-order chi connectivity index (χ0) is 19.5. The first-order valence-electron chi connectivity index (χ1n) is 8.43. The average molecular weight is 430 g/mol. The van der Waals surface area contributed by atoms with Gasteiger partial charge in [0.2, 0.25) is 0 Å². The topological polar surface area (TPSA) is 30.2 Å². The van der Waals surface area contributed by atoms with Gasteiger partial charge < -0.3 is 4.57 Å². The van der Waals surface area contributed by atoms with Crippen molar-refractivity contribution >= 4 is 40.2 Å². The van der Waals surface area contributed by atoms with E-state index in [1.807, 2.05) is 28.1 Å². The van der Waals surface area contributed by atoms with Crippen molar-refractivity contribution in [1.82, 2.24) is 9.55 Å². The van der Waals surface area contributed by atoms with Gasteiger partial charge in [-0.2, -0.15) is 0 Å². The van der Waals surface area contributed by atoms with Gasteiger partial charge in [0, 0.05) is 22.2 Å². The number of hydrogen-bond donors (Lipinski definition) is 0. The summed E-state index contributed by atoms with van der Waals surface area (Å²) in [5, 5.41) is 3.20. The summed E-state index contributed by atoms with van der Waals surface area (Å²) in [6, 6.07) is 15.5. The molecule has 7 heteroatoms. The molecule has 0 unspecified atom stereocenters. The molecule has 0 aliphatic heterocycles. The van der Waals surface area contributed by atoms with Gasteiger partial charge in [-0.3, -0.25) is 4.98 Å².